The first-order valence-electron chi connectivity index (χ1n) is 4.25. The van der Waals surface area contributed by atoms with Gasteiger partial charge in [-0.1, -0.05) is 0 Å². The van der Waals surface area contributed by atoms with Crippen LogP contribution in [0.15, 0.2) is 0 Å². The fourth-order valence-electron chi connectivity index (χ4n) is 1.71. The minimum Gasteiger partial charge on any atom is -0.481 e. The first-order chi connectivity index (χ1) is 6.43. The lowest BCUT2D eigenvalue weighted by atomic mass is 9.76. The van der Waals surface area contributed by atoms with Gasteiger partial charge in [-0.15, -0.1) is 0 Å². The molecule has 1 aliphatic rings. The number of hydrogen-bond acceptors (Lipinski definition) is 4. The molecule has 2 unspecified atom stereocenters. The summed E-state index contributed by atoms with van der Waals surface area (Å²) < 4.78 is 0. The molecule has 0 aromatic carbocycles. The molecule has 0 saturated heterocycles. The predicted octanol–water partition coefficient (Wildman–Crippen LogP) is -1.10. The average Bonchev–Trinajstić information content (AvgIpc) is 2.08. The maximum absolute atomic E-state index is 10.7. The third kappa shape index (κ3) is 2.02. The molecule has 14 heavy (non-hydrogen) atoms. The van der Waals surface area contributed by atoms with Crippen molar-refractivity contribution in [1.82, 2.24) is 0 Å². The maximum Gasteiger partial charge on any atom is 0.307 e. The highest BCUT2D eigenvalue weighted by Gasteiger charge is 2.42. The van der Waals surface area contributed by atoms with Gasteiger partial charge in [-0.05, 0) is 12.8 Å². The monoisotopic (exact) mass is 204 g/mol. The van der Waals surface area contributed by atoms with Gasteiger partial charge < -0.3 is 20.4 Å². The van der Waals surface area contributed by atoms with E-state index in [2.05, 4.69) is 0 Å². The SMILES string of the molecule is O=C(O)C1C[C@@H](O)[C@@H](O)CC1C(=O)O. The van der Waals surface area contributed by atoms with Crippen molar-refractivity contribution < 1.29 is 30.0 Å². The van der Waals surface area contributed by atoms with Crippen molar-refractivity contribution in [3.8, 4) is 0 Å². The molecule has 0 aromatic heterocycles. The van der Waals surface area contributed by atoms with Crippen molar-refractivity contribution in [3.63, 3.8) is 0 Å². The van der Waals surface area contributed by atoms with Crippen LogP contribution < -0.4 is 0 Å². The first kappa shape index (κ1) is 10.9. The third-order valence-corrected chi connectivity index (χ3v) is 2.56. The molecular formula is C8H12O6. The molecule has 1 aliphatic carbocycles. The topological polar surface area (TPSA) is 115 Å². The number of carboxylic acids is 2. The third-order valence-electron chi connectivity index (χ3n) is 2.56. The lowest BCUT2D eigenvalue weighted by Crippen LogP contribution is -2.44. The minimum atomic E-state index is -1.25. The number of aliphatic carboxylic acids is 2. The second-order valence-electron chi connectivity index (χ2n) is 3.50. The Kier molecular flexibility index (Phi) is 3.07. The summed E-state index contributed by atoms with van der Waals surface area (Å²) in [6.07, 6.45) is -2.72. The number of carbonyl (C=O) groups is 2. The molecule has 4 atom stereocenters. The quantitative estimate of drug-likeness (QED) is 0.454. The Balaban J connectivity index is 2.80. The van der Waals surface area contributed by atoms with Crippen molar-refractivity contribution in [1.29, 1.82) is 0 Å². The summed E-state index contributed by atoms with van der Waals surface area (Å²) in [4.78, 5) is 21.3. The first-order valence-corrected chi connectivity index (χ1v) is 4.25. The molecule has 0 bridgehead atoms. The Morgan fingerprint density at radius 1 is 0.857 bits per heavy atom. The molecule has 0 spiro atoms. The van der Waals surface area contributed by atoms with Crippen LogP contribution >= 0.6 is 0 Å². The van der Waals surface area contributed by atoms with Gasteiger partial charge in [0.15, 0.2) is 0 Å². The molecule has 4 N–H and O–H groups in total. The van der Waals surface area contributed by atoms with Crippen LogP contribution in [0, 0.1) is 11.8 Å². The van der Waals surface area contributed by atoms with Gasteiger partial charge in [-0.25, -0.2) is 0 Å². The van der Waals surface area contributed by atoms with Crippen LogP contribution in [0.25, 0.3) is 0 Å². The second-order valence-corrected chi connectivity index (χ2v) is 3.50. The van der Waals surface area contributed by atoms with E-state index < -0.39 is 36.0 Å². The summed E-state index contributed by atoms with van der Waals surface area (Å²) in [5, 5.41) is 35.8. The fourth-order valence-corrected chi connectivity index (χ4v) is 1.71. The summed E-state index contributed by atoms with van der Waals surface area (Å²) in [6.45, 7) is 0. The highest BCUT2D eigenvalue weighted by atomic mass is 16.4. The Hall–Kier alpha value is -1.14. The number of rotatable bonds is 2. The van der Waals surface area contributed by atoms with Crippen molar-refractivity contribution in [2.24, 2.45) is 11.8 Å². The Morgan fingerprint density at radius 2 is 1.14 bits per heavy atom. The van der Waals surface area contributed by atoms with Crippen LogP contribution in [0.1, 0.15) is 12.8 Å². The van der Waals surface area contributed by atoms with Crippen molar-refractivity contribution in [3.05, 3.63) is 0 Å². The molecule has 1 rings (SSSR count). The van der Waals surface area contributed by atoms with E-state index in [1.54, 1.807) is 0 Å². The van der Waals surface area contributed by atoms with Crippen LogP contribution in [0.2, 0.25) is 0 Å². The molecule has 1 fully saturated rings. The molecular weight excluding hydrogens is 192 g/mol. The van der Waals surface area contributed by atoms with E-state index in [1.807, 2.05) is 0 Å². The summed E-state index contributed by atoms with van der Waals surface area (Å²) in [6, 6.07) is 0. The average molecular weight is 204 g/mol. The van der Waals surface area contributed by atoms with E-state index in [0.29, 0.717) is 0 Å². The zero-order valence-corrected chi connectivity index (χ0v) is 7.33. The highest BCUT2D eigenvalue weighted by Crippen LogP contribution is 2.31. The van der Waals surface area contributed by atoms with Gasteiger partial charge >= 0.3 is 11.9 Å². The number of aliphatic hydroxyl groups excluding tert-OH is 2. The van der Waals surface area contributed by atoms with E-state index in [4.69, 9.17) is 10.2 Å². The normalized spacial score (nSPS) is 37.9. The lowest BCUT2D eigenvalue weighted by molar-refractivity contribution is -0.162. The molecule has 0 amide bonds. The van der Waals surface area contributed by atoms with Gasteiger partial charge in [0.05, 0.1) is 24.0 Å². The van der Waals surface area contributed by atoms with Crippen LogP contribution in [0.5, 0.6) is 0 Å². The van der Waals surface area contributed by atoms with Gasteiger partial charge in [-0.2, -0.15) is 0 Å². The van der Waals surface area contributed by atoms with Gasteiger partial charge in [0.25, 0.3) is 0 Å². The second kappa shape index (κ2) is 3.93. The van der Waals surface area contributed by atoms with E-state index in [0.717, 1.165) is 0 Å². The summed E-state index contributed by atoms with van der Waals surface area (Å²) in [5.41, 5.74) is 0. The lowest BCUT2D eigenvalue weighted by Gasteiger charge is -2.32. The minimum absolute atomic E-state index is 0.215. The van der Waals surface area contributed by atoms with Gasteiger partial charge in [0.2, 0.25) is 0 Å². The largest absolute Gasteiger partial charge is 0.481 e. The Bertz CT molecular complexity index is 224. The van der Waals surface area contributed by atoms with Crippen LogP contribution in [-0.4, -0.2) is 44.6 Å². The van der Waals surface area contributed by atoms with E-state index in [-0.39, 0.29) is 12.8 Å². The van der Waals surface area contributed by atoms with E-state index in [9.17, 15) is 19.8 Å². The smallest absolute Gasteiger partial charge is 0.307 e. The van der Waals surface area contributed by atoms with Gasteiger partial charge in [-0.3, -0.25) is 9.59 Å². The molecule has 1 saturated carbocycles. The van der Waals surface area contributed by atoms with Crippen molar-refractivity contribution >= 4 is 11.9 Å². The number of aliphatic hydroxyl groups is 2. The van der Waals surface area contributed by atoms with Crippen LogP contribution in [0.4, 0.5) is 0 Å². The Labute approximate surface area is 79.8 Å². The fraction of sp³-hybridized carbons (Fsp3) is 0.750. The van der Waals surface area contributed by atoms with Gasteiger partial charge in [0, 0.05) is 0 Å². The molecule has 6 heteroatoms. The number of carboxylic acid groups (broad SMARTS) is 2. The van der Waals surface area contributed by atoms with Crippen molar-refractivity contribution in [2.45, 2.75) is 25.0 Å². The van der Waals surface area contributed by atoms with Gasteiger partial charge in [0.1, 0.15) is 0 Å². The highest BCUT2D eigenvalue weighted by molar-refractivity contribution is 5.80. The zero-order chi connectivity index (χ0) is 10.9. The summed E-state index contributed by atoms with van der Waals surface area (Å²) in [5.74, 6) is -4.73. The van der Waals surface area contributed by atoms with E-state index >= 15 is 0 Å². The number of hydrogen-bond donors (Lipinski definition) is 4. The maximum atomic E-state index is 10.7. The molecule has 0 heterocycles. The van der Waals surface area contributed by atoms with Crippen molar-refractivity contribution in [2.75, 3.05) is 0 Å². The summed E-state index contributed by atoms with van der Waals surface area (Å²) >= 11 is 0. The molecule has 6 nitrogen and oxygen atoms in total. The molecule has 80 valence electrons. The summed E-state index contributed by atoms with van der Waals surface area (Å²) in [7, 11) is 0. The molecule has 0 aliphatic heterocycles. The Morgan fingerprint density at radius 3 is 1.36 bits per heavy atom. The zero-order valence-electron chi connectivity index (χ0n) is 7.33. The van der Waals surface area contributed by atoms with E-state index in [1.165, 1.54) is 0 Å². The van der Waals surface area contributed by atoms with Crippen LogP contribution in [-0.2, 0) is 9.59 Å². The predicted molar refractivity (Wildman–Crippen MR) is 43.5 cm³/mol. The molecule has 0 aromatic rings. The standard InChI is InChI=1S/C8H12O6/c9-5-1-3(7(11)12)4(8(13)14)2-6(5)10/h3-6,9-10H,1-2H2,(H,11,12)(H,13,14)/t3?,4?,5-,6+. The van der Waals surface area contributed by atoms with Crippen LogP contribution in [0.3, 0.4) is 0 Å². The molecule has 0 radical (unpaired) electrons.